The molecule has 0 heterocycles. The van der Waals surface area contributed by atoms with Crippen molar-refractivity contribution in [3.63, 3.8) is 0 Å². The molecule has 2 rings (SSSR count). The van der Waals surface area contributed by atoms with Gasteiger partial charge >= 0.3 is 171 Å². The molecule has 5 heteroatoms. The predicted octanol–water partition coefficient (Wildman–Crippen LogP) is 5.87. The molecule has 2 aromatic rings. The van der Waals surface area contributed by atoms with Gasteiger partial charge in [-0.05, 0) is 0 Å². The van der Waals surface area contributed by atoms with E-state index >= 15 is 0 Å². The van der Waals surface area contributed by atoms with E-state index in [4.69, 9.17) is 11.3 Å². The van der Waals surface area contributed by atoms with Gasteiger partial charge in [0, 0.05) is 0 Å². The number of hydrogen-bond acceptors (Lipinski definition) is 4. The van der Waals surface area contributed by atoms with Crippen LogP contribution < -0.4 is 0 Å². The molecule has 0 aliphatic heterocycles. The van der Waals surface area contributed by atoms with Crippen LogP contribution in [0.5, 0.6) is 0 Å². The summed E-state index contributed by atoms with van der Waals surface area (Å²) in [5, 5.41) is 0. The van der Waals surface area contributed by atoms with Crippen molar-refractivity contribution in [1.82, 2.24) is 0 Å². The summed E-state index contributed by atoms with van der Waals surface area (Å²) in [7, 11) is 0. The van der Waals surface area contributed by atoms with Crippen molar-refractivity contribution in [1.29, 1.82) is 0 Å². The molecule has 0 aromatic heterocycles. The number of hydrogen-bond donors (Lipinski definition) is 0. The molecule has 0 aliphatic carbocycles. The molecule has 2 aromatic carbocycles. The van der Waals surface area contributed by atoms with Crippen LogP contribution in [0.4, 0.5) is 0 Å². The van der Waals surface area contributed by atoms with Gasteiger partial charge in [-0.15, -0.1) is 0 Å². The molecule has 0 aliphatic rings. The van der Waals surface area contributed by atoms with Crippen molar-refractivity contribution in [2.24, 2.45) is 0 Å². The Morgan fingerprint density at radius 1 is 0.593 bits per heavy atom. The van der Waals surface area contributed by atoms with Gasteiger partial charge < -0.3 is 0 Å². The number of benzene rings is 2. The molecule has 0 saturated carbocycles. The maximum atomic E-state index is 6.27. The van der Waals surface area contributed by atoms with Crippen LogP contribution in [-0.4, -0.2) is 13.2 Å². The Bertz CT molecular complexity index is 551. The van der Waals surface area contributed by atoms with Gasteiger partial charge in [0.25, 0.3) is 0 Å². The molecule has 0 bridgehead atoms. The molecule has 0 unspecified atom stereocenters. The monoisotopic (exact) mass is 450 g/mol. The molecule has 0 fully saturated rings. The van der Waals surface area contributed by atoms with Crippen molar-refractivity contribution < 1.29 is 33.3 Å². The quantitative estimate of drug-likeness (QED) is 0.337. The minimum absolute atomic E-state index is 0.448. The van der Waals surface area contributed by atoms with Crippen molar-refractivity contribution in [2.45, 2.75) is 52.7 Å². The van der Waals surface area contributed by atoms with Crippen LogP contribution >= 0.6 is 0 Å². The zero-order chi connectivity index (χ0) is 19.2. The number of rotatable bonds is 14. The third kappa shape index (κ3) is 8.80. The van der Waals surface area contributed by atoms with Gasteiger partial charge in [0.2, 0.25) is 0 Å². The van der Waals surface area contributed by atoms with E-state index in [2.05, 4.69) is 13.8 Å². The molecule has 148 valence electrons. The van der Waals surface area contributed by atoms with E-state index < -0.39 is 22.0 Å². The van der Waals surface area contributed by atoms with Crippen molar-refractivity contribution in [2.75, 3.05) is 13.2 Å². The second-order valence-corrected chi connectivity index (χ2v) is 11.7. The summed E-state index contributed by atoms with van der Waals surface area (Å²) in [4.78, 5) is 0. The summed E-state index contributed by atoms with van der Waals surface area (Å²) in [5.41, 5.74) is 2.19. The fourth-order valence-electron chi connectivity index (χ4n) is 2.42. The zero-order valence-electron chi connectivity index (χ0n) is 16.6. The third-order valence-corrected chi connectivity index (χ3v) is 9.26. The second-order valence-electron chi connectivity index (χ2n) is 6.45. The van der Waals surface area contributed by atoms with E-state index in [0.717, 1.165) is 36.8 Å². The van der Waals surface area contributed by atoms with E-state index in [0.29, 0.717) is 26.4 Å². The van der Waals surface area contributed by atoms with Crippen molar-refractivity contribution >= 4 is 0 Å². The molecule has 0 amide bonds. The van der Waals surface area contributed by atoms with E-state index in [1.54, 1.807) is 0 Å². The normalized spacial score (nSPS) is 11.6. The Morgan fingerprint density at radius 3 is 1.37 bits per heavy atom. The first kappa shape index (κ1) is 22.5. The van der Waals surface area contributed by atoms with Crippen molar-refractivity contribution in [3.05, 3.63) is 71.8 Å². The molecular formula is C22H32O4Zr. The topological polar surface area (TPSA) is 36.9 Å². The van der Waals surface area contributed by atoms with Crippen LogP contribution in [0.15, 0.2) is 60.7 Å². The van der Waals surface area contributed by atoms with E-state index in [9.17, 15) is 0 Å². The van der Waals surface area contributed by atoms with Gasteiger partial charge in [-0.3, -0.25) is 0 Å². The second kappa shape index (κ2) is 13.4. The summed E-state index contributed by atoms with van der Waals surface area (Å²) < 4.78 is 25.0. The fraction of sp³-hybridized carbons (Fsp3) is 0.455. The minimum atomic E-state index is -4.13. The van der Waals surface area contributed by atoms with Gasteiger partial charge in [-0.1, -0.05) is 0 Å². The summed E-state index contributed by atoms with van der Waals surface area (Å²) in [6, 6.07) is 20.2. The van der Waals surface area contributed by atoms with Gasteiger partial charge in [-0.25, -0.2) is 0 Å². The fourth-order valence-corrected chi connectivity index (χ4v) is 7.28. The summed E-state index contributed by atoms with van der Waals surface area (Å²) in [6.45, 7) is 6.42. The number of unbranched alkanes of at least 4 members (excludes halogenated alkanes) is 2. The zero-order valence-corrected chi connectivity index (χ0v) is 19.0. The molecule has 0 N–H and O–H groups in total. The maximum absolute atomic E-state index is 6.27. The van der Waals surface area contributed by atoms with Gasteiger partial charge in [0.15, 0.2) is 0 Å². The first-order chi connectivity index (χ1) is 13.3. The standard InChI is InChI=1S/2C7H7O.2C4H9O.Zr/c2*8-6-7-4-2-1-3-5-7;2*1-2-3-4-5;/h2*1-5H,6H2;2*2-4H2,1H3;/q4*-1;+4. The third-order valence-electron chi connectivity index (χ3n) is 4.07. The van der Waals surface area contributed by atoms with E-state index in [-0.39, 0.29) is 0 Å². The summed E-state index contributed by atoms with van der Waals surface area (Å²) in [6.07, 6.45) is 4.07. The predicted molar refractivity (Wildman–Crippen MR) is 104 cm³/mol. The van der Waals surface area contributed by atoms with Gasteiger partial charge in [0.05, 0.1) is 0 Å². The first-order valence-electron chi connectivity index (χ1n) is 9.91. The molecule has 4 nitrogen and oxygen atoms in total. The van der Waals surface area contributed by atoms with Crippen LogP contribution in [-0.2, 0) is 46.5 Å². The Hall–Kier alpha value is -0.837. The molecule has 0 atom stereocenters. The Morgan fingerprint density at radius 2 is 1.00 bits per heavy atom. The van der Waals surface area contributed by atoms with E-state index in [1.165, 1.54) is 0 Å². The molecule has 0 spiro atoms. The average molecular weight is 452 g/mol. The van der Waals surface area contributed by atoms with Crippen LogP contribution in [0.3, 0.4) is 0 Å². The SMILES string of the molecule is CCCC[O][Zr]([O]CCCC)([O]Cc1ccccc1)[O]Cc1ccccc1. The Labute approximate surface area is 170 Å². The summed E-state index contributed by atoms with van der Waals surface area (Å²) in [5.74, 6) is 0. The van der Waals surface area contributed by atoms with Crippen LogP contribution in [0, 0.1) is 0 Å². The average Bonchev–Trinajstić information content (AvgIpc) is 2.72. The Balaban J connectivity index is 2.08. The van der Waals surface area contributed by atoms with Gasteiger partial charge in [-0.2, -0.15) is 0 Å². The summed E-state index contributed by atoms with van der Waals surface area (Å²) >= 11 is -4.13. The van der Waals surface area contributed by atoms with Crippen LogP contribution in [0.1, 0.15) is 50.7 Å². The Kier molecular flexibility index (Phi) is 11.1. The molecular weight excluding hydrogens is 419 g/mol. The van der Waals surface area contributed by atoms with Crippen LogP contribution in [0.25, 0.3) is 0 Å². The van der Waals surface area contributed by atoms with Crippen molar-refractivity contribution in [3.8, 4) is 0 Å². The van der Waals surface area contributed by atoms with Crippen LogP contribution in [0.2, 0.25) is 0 Å². The first-order valence-corrected chi connectivity index (χ1v) is 13.9. The van der Waals surface area contributed by atoms with E-state index in [1.807, 2.05) is 60.7 Å². The molecule has 0 radical (unpaired) electrons. The van der Waals surface area contributed by atoms with Gasteiger partial charge in [0.1, 0.15) is 0 Å². The molecule has 27 heavy (non-hydrogen) atoms. The molecule has 0 saturated heterocycles.